The first-order valence-electron chi connectivity index (χ1n) is 22.0. The summed E-state index contributed by atoms with van der Waals surface area (Å²) in [6.45, 7) is 0. The Kier molecular flexibility index (Phi) is 8.50. The number of hydrogen-bond acceptors (Lipinski definition) is 4. The van der Waals surface area contributed by atoms with Crippen LogP contribution in [-0.4, -0.2) is 15.0 Å². The van der Waals surface area contributed by atoms with Crippen LogP contribution in [0.2, 0.25) is 0 Å². The fraction of sp³-hybridized carbons (Fsp3) is 0. The van der Waals surface area contributed by atoms with Gasteiger partial charge in [-0.15, -0.1) is 0 Å². The Morgan fingerprint density at radius 3 is 1.35 bits per heavy atom. The summed E-state index contributed by atoms with van der Waals surface area (Å²) in [4.78, 5) is 16.0. The van der Waals surface area contributed by atoms with Crippen LogP contribution in [0.1, 0.15) is 0 Å². The SMILES string of the molecule is c1ccc(-c2ccccc2-c2nc(-c3ccc(-c4c5ccccc5c(-c5cccc6ccccc56)c5ccccc45)c4ccccc34)nc(-c3cccc4c3oc3ccccc34)n2)cc1. The smallest absolute Gasteiger partial charge is 0.167 e. The molecule has 0 spiro atoms. The fourth-order valence-electron chi connectivity index (χ4n) is 10.1. The summed E-state index contributed by atoms with van der Waals surface area (Å²) in [5.41, 5.74) is 11.2. The van der Waals surface area contributed by atoms with E-state index in [9.17, 15) is 0 Å². The Labute approximate surface area is 374 Å². The number of nitrogens with zero attached hydrogens (tertiary/aromatic N) is 3. The predicted molar refractivity (Wildman–Crippen MR) is 270 cm³/mol. The lowest BCUT2D eigenvalue weighted by atomic mass is 9.83. The maximum atomic E-state index is 6.58. The molecule has 0 radical (unpaired) electrons. The first-order chi connectivity index (χ1) is 32.3. The average molecular weight is 828 g/mol. The van der Waals surface area contributed by atoms with E-state index in [0.717, 1.165) is 66.1 Å². The summed E-state index contributed by atoms with van der Waals surface area (Å²) in [6.07, 6.45) is 0. The van der Waals surface area contributed by atoms with Gasteiger partial charge in [-0.2, -0.15) is 0 Å². The standard InChI is InChI=1S/C61H37N3O/c1-2-18-38(19-3-1)41-23-6-13-31-52(41)59-62-60(64-61(63-59)54-34-17-33-51-44-26-14-15-35-55(44)65-58(51)54)53-37-36-50(42-24-7-8-25-43(42)53)57-48-29-11-9-27-46(48)56(47-28-10-12-30-49(47)57)45-32-16-21-39-20-4-5-22-40(39)45/h1-37H. The van der Waals surface area contributed by atoms with Gasteiger partial charge >= 0.3 is 0 Å². The fourth-order valence-corrected chi connectivity index (χ4v) is 10.1. The van der Waals surface area contributed by atoms with Gasteiger partial charge in [0.15, 0.2) is 17.5 Å². The number of aromatic nitrogens is 3. The maximum Gasteiger partial charge on any atom is 0.167 e. The van der Waals surface area contributed by atoms with Gasteiger partial charge in [0.2, 0.25) is 0 Å². The van der Waals surface area contributed by atoms with Crippen LogP contribution >= 0.6 is 0 Å². The van der Waals surface area contributed by atoms with E-state index in [0.29, 0.717) is 17.5 Å². The summed E-state index contributed by atoms with van der Waals surface area (Å²) >= 11 is 0. The molecule has 0 saturated heterocycles. The lowest BCUT2D eigenvalue weighted by Crippen LogP contribution is -2.02. The van der Waals surface area contributed by atoms with Crippen LogP contribution in [0, 0.1) is 0 Å². The Balaban J connectivity index is 1.07. The molecule has 2 aromatic heterocycles. The van der Waals surface area contributed by atoms with Crippen molar-refractivity contribution in [2.24, 2.45) is 0 Å². The molecule has 0 aliphatic carbocycles. The van der Waals surface area contributed by atoms with Crippen LogP contribution in [0.25, 0.3) is 133 Å². The number of rotatable bonds is 6. The van der Waals surface area contributed by atoms with Crippen LogP contribution < -0.4 is 0 Å². The molecular formula is C61H37N3O. The van der Waals surface area contributed by atoms with Crippen molar-refractivity contribution >= 4 is 65.0 Å². The van der Waals surface area contributed by atoms with Gasteiger partial charge in [0.25, 0.3) is 0 Å². The highest BCUT2D eigenvalue weighted by Gasteiger charge is 2.23. The zero-order chi connectivity index (χ0) is 42.8. The minimum absolute atomic E-state index is 0.548. The van der Waals surface area contributed by atoms with Crippen molar-refractivity contribution in [2.75, 3.05) is 0 Å². The molecule has 11 aromatic carbocycles. The molecule has 4 heteroatoms. The third kappa shape index (κ3) is 5.96. The van der Waals surface area contributed by atoms with Gasteiger partial charge in [0.05, 0.1) is 5.56 Å². The highest BCUT2D eigenvalue weighted by Crippen LogP contribution is 2.48. The lowest BCUT2D eigenvalue weighted by molar-refractivity contribution is 0.669. The van der Waals surface area contributed by atoms with Gasteiger partial charge in [-0.25, -0.2) is 15.0 Å². The summed E-state index contributed by atoms with van der Waals surface area (Å²) in [7, 11) is 0. The van der Waals surface area contributed by atoms with Crippen LogP contribution in [0.15, 0.2) is 229 Å². The first-order valence-corrected chi connectivity index (χ1v) is 22.0. The van der Waals surface area contributed by atoms with Gasteiger partial charge in [-0.3, -0.25) is 0 Å². The van der Waals surface area contributed by atoms with E-state index in [4.69, 9.17) is 19.4 Å². The van der Waals surface area contributed by atoms with Crippen LogP contribution in [0.4, 0.5) is 0 Å². The second-order valence-electron chi connectivity index (χ2n) is 16.6. The molecule has 4 nitrogen and oxygen atoms in total. The van der Waals surface area contributed by atoms with E-state index in [-0.39, 0.29) is 0 Å². The molecule has 0 bridgehead atoms. The third-order valence-corrected chi connectivity index (χ3v) is 13.0. The van der Waals surface area contributed by atoms with E-state index in [1.54, 1.807) is 0 Å². The van der Waals surface area contributed by atoms with Crippen molar-refractivity contribution in [2.45, 2.75) is 0 Å². The Bertz CT molecular complexity index is 3960. The highest BCUT2D eigenvalue weighted by molar-refractivity contribution is 6.25. The van der Waals surface area contributed by atoms with Crippen molar-refractivity contribution in [3.8, 4) is 67.5 Å². The van der Waals surface area contributed by atoms with Crippen LogP contribution in [0.5, 0.6) is 0 Å². The minimum atomic E-state index is 0.548. The zero-order valence-electron chi connectivity index (χ0n) is 35.1. The molecule has 2 heterocycles. The second kappa shape index (κ2) is 15.0. The number of benzene rings is 11. The number of furan rings is 1. The summed E-state index contributed by atoms with van der Waals surface area (Å²) < 4.78 is 6.58. The van der Waals surface area contributed by atoms with Gasteiger partial charge in [-0.05, 0) is 94.7 Å². The van der Waals surface area contributed by atoms with E-state index in [1.807, 2.05) is 24.3 Å². The van der Waals surface area contributed by atoms with E-state index in [1.165, 1.54) is 49.0 Å². The molecule has 0 N–H and O–H groups in total. The van der Waals surface area contributed by atoms with Crippen LogP contribution in [0.3, 0.4) is 0 Å². The molecule has 0 aliphatic heterocycles. The van der Waals surface area contributed by atoms with E-state index < -0.39 is 0 Å². The van der Waals surface area contributed by atoms with Gasteiger partial charge in [0.1, 0.15) is 11.2 Å². The largest absolute Gasteiger partial charge is 0.455 e. The summed E-state index contributed by atoms with van der Waals surface area (Å²) in [5.74, 6) is 1.73. The normalized spacial score (nSPS) is 11.7. The molecule has 0 aliphatic rings. The van der Waals surface area contributed by atoms with Crippen molar-refractivity contribution in [3.63, 3.8) is 0 Å². The molecule has 302 valence electrons. The third-order valence-electron chi connectivity index (χ3n) is 13.0. The zero-order valence-corrected chi connectivity index (χ0v) is 35.1. The predicted octanol–water partition coefficient (Wildman–Crippen LogP) is 16.4. The molecule has 0 unspecified atom stereocenters. The Morgan fingerprint density at radius 2 is 0.662 bits per heavy atom. The lowest BCUT2D eigenvalue weighted by Gasteiger charge is -2.20. The van der Waals surface area contributed by atoms with Gasteiger partial charge in [-0.1, -0.05) is 206 Å². The van der Waals surface area contributed by atoms with Gasteiger partial charge in [0, 0.05) is 21.9 Å². The number of hydrogen-bond donors (Lipinski definition) is 0. The monoisotopic (exact) mass is 827 g/mol. The second-order valence-corrected chi connectivity index (χ2v) is 16.6. The molecular weight excluding hydrogens is 791 g/mol. The molecule has 0 atom stereocenters. The number of para-hydroxylation sites is 2. The highest BCUT2D eigenvalue weighted by atomic mass is 16.3. The van der Waals surface area contributed by atoms with E-state index in [2.05, 4.69) is 200 Å². The first kappa shape index (κ1) is 36.9. The van der Waals surface area contributed by atoms with E-state index >= 15 is 0 Å². The Morgan fingerprint density at radius 1 is 0.246 bits per heavy atom. The van der Waals surface area contributed by atoms with Crippen LogP contribution in [-0.2, 0) is 0 Å². The molecule has 65 heavy (non-hydrogen) atoms. The average Bonchev–Trinajstić information content (AvgIpc) is 3.77. The summed E-state index contributed by atoms with van der Waals surface area (Å²) in [5, 5.41) is 11.6. The van der Waals surface area contributed by atoms with Crippen molar-refractivity contribution in [1.82, 2.24) is 15.0 Å². The van der Waals surface area contributed by atoms with Gasteiger partial charge < -0.3 is 4.42 Å². The molecule has 0 amide bonds. The topological polar surface area (TPSA) is 51.8 Å². The van der Waals surface area contributed by atoms with Crippen molar-refractivity contribution in [3.05, 3.63) is 224 Å². The number of fused-ring (bicyclic) bond motifs is 7. The molecule has 0 saturated carbocycles. The maximum absolute atomic E-state index is 6.58. The molecule has 13 rings (SSSR count). The quantitative estimate of drug-likeness (QED) is 0.157. The van der Waals surface area contributed by atoms with Crippen molar-refractivity contribution in [1.29, 1.82) is 0 Å². The Hall–Kier alpha value is -8.73. The molecule has 13 aromatic rings. The minimum Gasteiger partial charge on any atom is -0.455 e. The summed E-state index contributed by atoms with van der Waals surface area (Å²) in [6, 6.07) is 79.4. The molecule has 0 fully saturated rings. The van der Waals surface area contributed by atoms with Crippen molar-refractivity contribution < 1.29 is 4.42 Å².